The van der Waals surface area contributed by atoms with Crippen LogP contribution in [0.3, 0.4) is 0 Å². The van der Waals surface area contributed by atoms with Crippen LogP contribution in [0.4, 0.5) is 23.7 Å². The van der Waals surface area contributed by atoms with Crippen molar-refractivity contribution in [1.29, 1.82) is 0 Å². The predicted molar refractivity (Wildman–Crippen MR) is 108 cm³/mol. The first-order chi connectivity index (χ1) is 14.9. The van der Waals surface area contributed by atoms with Crippen molar-refractivity contribution in [3.63, 3.8) is 0 Å². The number of hydrogen-bond acceptors (Lipinski definition) is 5. The fourth-order valence-electron chi connectivity index (χ4n) is 3.76. The van der Waals surface area contributed by atoms with Gasteiger partial charge < -0.3 is 4.90 Å². The number of rotatable bonds is 5. The largest absolute Gasteiger partial charge is 0.501 e. The maximum atomic E-state index is 13.2. The number of anilines is 1. The number of carbonyl (C=O) groups excluding carboxylic acids is 2. The summed E-state index contributed by atoms with van der Waals surface area (Å²) < 4.78 is 61.5. The molecule has 1 saturated heterocycles. The first-order valence-electron chi connectivity index (χ1n) is 9.91. The topological polar surface area (TPSA) is 87.7 Å². The summed E-state index contributed by atoms with van der Waals surface area (Å²) in [5.74, 6) is -0.282. The molecule has 0 N–H and O–H groups in total. The molecular formula is C21H20F3N3O4S. The Hall–Kier alpha value is -2.95. The van der Waals surface area contributed by atoms with Crippen LogP contribution in [0.25, 0.3) is 0 Å². The van der Waals surface area contributed by atoms with E-state index in [0.717, 1.165) is 40.4 Å². The standard InChI is InChI=1S/C21H20F3N3O4S/c1-13(2)17-11-14(7-10-25-17)12-26-19(29)27(18(28)20(26)8-9-20)15-3-5-16(6-4-15)32(30,31)21(22,23)24/h3-7,10-11,13H,8-9,12H2,1-2H3. The highest BCUT2D eigenvalue weighted by Gasteiger charge is 2.65. The lowest BCUT2D eigenvalue weighted by Crippen LogP contribution is -2.36. The molecule has 170 valence electrons. The molecule has 1 aliphatic heterocycles. The maximum Gasteiger partial charge on any atom is 0.501 e. The van der Waals surface area contributed by atoms with Crippen molar-refractivity contribution >= 4 is 27.5 Å². The molecule has 2 aliphatic rings. The van der Waals surface area contributed by atoms with Crippen molar-refractivity contribution in [2.45, 2.75) is 55.1 Å². The molecule has 1 saturated carbocycles. The molecule has 7 nitrogen and oxygen atoms in total. The van der Waals surface area contributed by atoms with E-state index in [0.29, 0.717) is 12.8 Å². The average molecular weight is 467 g/mol. The van der Waals surface area contributed by atoms with E-state index in [2.05, 4.69) is 4.98 Å². The van der Waals surface area contributed by atoms with Crippen molar-refractivity contribution in [1.82, 2.24) is 9.88 Å². The van der Waals surface area contributed by atoms with Crippen molar-refractivity contribution in [2.24, 2.45) is 0 Å². The maximum absolute atomic E-state index is 13.2. The molecule has 0 radical (unpaired) electrons. The van der Waals surface area contributed by atoms with Crippen molar-refractivity contribution < 1.29 is 31.2 Å². The minimum Gasteiger partial charge on any atom is -0.305 e. The second-order valence-corrected chi connectivity index (χ2v) is 10.2. The Labute approximate surface area is 182 Å². The minimum absolute atomic E-state index is 0.0208. The van der Waals surface area contributed by atoms with E-state index in [1.54, 1.807) is 12.3 Å². The number of alkyl halides is 3. The number of nitrogens with zero attached hydrogens (tertiary/aromatic N) is 3. The Morgan fingerprint density at radius 2 is 1.72 bits per heavy atom. The van der Waals surface area contributed by atoms with E-state index >= 15 is 0 Å². The van der Waals surface area contributed by atoms with Gasteiger partial charge in [0.05, 0.1) is 10.6 Å². The van der Waals surface area contributed by atoms with Crippen LogP contribution in [0, 0.1) is 0 Å². The van der Waals surface area contributed by atoms with Crippen LogP contribution in [-0.2, 0) is 21.2 Å². The summed E-state index contributed by atoms with van der Waals surface area (Å²) in [5, 5.41) is 0. The molecule has 2 aromatic rings. The van der Waals surface area contributed by atoms with E-state index in [1.807, 2.05) is 19.9 Å². The number of pyridine rings is 1. The molecule has 4 rings (SSSR count). The van der Waals surface area contributed by atoms with Gasteiger partial charge in [-0.15, -0.1) is 0 Å². The Morgan fingerprint density at radius 1 is 1.09 bits per heavy atom. The fraction of sp³-hybridized carbons (Fsp3) is 0.381. The molecule has 2 heterocycles. The molecule has 1 aliphatic carbocycles. The molecular weight excluding hydrogens is 447 g/mol. The number of sulfone groups is 1. The highest BCUT2D eigenvalue weighted by atomic mass is 32.2. The molecule has 1 spiro atoms. The quantitative estimate of drug-likeness (QED) is 0.621. The SMILES string of the molecule is CC(C)c1cc(CN2C(=O)N(c3ccc(S(=O)(=O)C(F)(F)F)cc3)C(=O)C23CC3)ccn1. The van der Waals surface area contributed by atoms with Crippen LogP contribution in [0.15, 0.2) is 47.5 Å². The summed E-state index contributed by atoms with van der Waals surface area (Å²) in [7, 11) is -5.52. The van der Waals surface area contributed by atoms with Gasteiger partial charge in [-0.1, -0.05) is 13.8 Å². The number of amides is 3. The summed E-state index contributed by atoms with van der Waals surface area (Å²) in [6, 6.07) is 6.62. The molecule has 2 fully saturated rings. The minimum atomic E-state index is -5.52. The van der Waals surface area contributed by atoms with Gasteiger partial charge in [0.1, 0.15) is 5.54 Å². The Balaban J connectivity index is 1.63. The summed E-state index contributed by atoms with van der Waals surface area (Å²) >= 11 is 0. The third kappa shape index (κ3) is 3.44. The second kappa shape index (κ2) is 7.29. The Morgan fingerprint density at radius 3 is 2.25 bits per heavy atom. The molecule has 32 heavy (non-hydrogen) atoms. The lowest BCUT2D eigenvalue weighted by atomic mass is 10.1. The van der Waals surface area contributed by atoms with E-state index in [4.69, 9.17) is 0 Å². The number of halogens is 3. The lowest BCUT2D eigenvalue weighted by Gasteiger charge is -2.21. The molecule has 0 unspecified atom stereocenters. The van der Waals surface area contributed by atoms with E-state index < -0.39 is 37.7 Å². The lowest BCUT2D eigenvalue weighted by molar-refractivity contribution is -0.120. The second-order valence-electron chi connectivity index (χ2n) is 8.23. The van der Waals surface area contributed by atoms with E-state index in [1.165, 1.54) is 4.90 Å². The Bertz CT molecular complexity index is 1190. The number of urea groups is 1. The van der Waals surface area contributed by atoms with Gasteiger partial charge in [0.25, 0.3) is 15.7 Å². The number of imide groups is 1. The van der Waals surface area contributed by atoms with E-state index in [9.17, 15) is 31.2 Å². The average Bonchev–Trinajstić information content (AvgIpc) is 3.50. The summed E-state index contributed by atoms with van der Waals surface area (Å²) in [6.07, 6.45) is 2.61. The van der Waals surface area contributed by atoms with Gasteiger partial charge in [-0.05, 0) is 60.7 Å². The highest BCUT2D eigenvalue weighted by molar-refractivity contribution is 7.92. The zero-order chi connectivity index (χ0) is 23.5. The number of hydrogen-bond donors (Lipinski definition) is 0. The van der Waals surface area contributed by atoms with Crippen molar-refractivity contribution in [3.8, 4) is 0 Å². The van der Waals surface area contributed by atoms with Crippen LogP contribution < -0.4 is 4.90 Å². The third-order valence-electron chi connectivity index (χ3n) is 5.75. The van der Waals surface area contributed by atoms with Crippen LogP contribution >= 0.6 is 0 Å². The highest BCUT2D eigenvalue weighted by Crippen LogP contribution is 2.49. The molecule has 3 amide bonds. The van der Waals surface area contributed by atoms with Crippen LogP contribution in [-0.4, -0.2) is 41.3 Å². The smallest absolute Gasteiger partial charge is 0.305 e. The van der Waals surface area contributed by atoms with Crippen LogP contribution in [0.1, 0.15) is 43.9 Å². The first kappa shape index (κ1) is 22.3. The molecule has 0 atom stereocenters. The summed E-state index contributed by atoms with van der Waals surface area (Å²) in [5.41, 5.74) is -4.74. The van der Waals surface area contributed by atoms with Gasteiger partial charge in [-0.25, -0.2) is 18.1 Å². The van der Waals surface area contributed by atoms with Crippen LogP contribution in [0.2, 0.25) is 0 Å². The zero-order valence-corrected chi connectivity index (χ0v) is 18.1. The summed E-state index contributed by atoms with van der Waals surface area (Å²) in [4.78, 5) is 31.9. The normalized spacial score (nSPS) is 18.2. The van der Waals surface area contributed by atoms with Crippen molar-refractivity contribution in [3.05, 3.63) is 53.9 Å². The van der Waals surface area contributed by atoms with Gasteiger partial charge in [0, 0.05) is 18.4 Å². The third-order valence-corrected chi connectivity index (χ3v) is 7.25. The Kier molecular flexibility index (Phi) is 5.07. The van der Waals surface area contributed by atoms with Gasteiger partial charge in [-0.3, -0.25) is 9.78 Å². The monoisotopic (exact) mass is 467 g/mol. The summed E-state index contributed by atoms with van der Waals surface area (Å²) in [6.45, 7) is 4.16. The molecule has 11 heteroatoms. The molecule has 0 bridgehead atoms. The van der Waals surface area contributed by atoms with Gasteiger partial charge >= 0.3 is 11.5 Å². The zero-order valence-electron chi connectivity index (χ0n) is 17.3. The fourth-order valence-corrected chi connectivity index (χ4v) is 4.52. The first-order valence-corrected chi connectivity index (χ1v) is 11.4. The van der Waals surface area contributed by atoms with Crippen LogP contribution in [0.5, 0.6) is 0 Å². The van der Waals surface area contributed by atoms with Gasteiger partial charge in [0.15, 0.2) is 0 Å². The van der Waals surface area contributed by atoms with E-state index in [-0.39, 0.29) is 18.2 Å². The predicted octanol–water partition coefficient (Wildman–Crippen LogP) is 4.00. The van der Waals surface area contributed by atoms with Gasteiger partial charge in [-0.2, -0.15) is 13.2 Å². The molecule has 1 aromatic heterocycles. The number of aromatic nitrogens is 1. The number of carbonyl (C=O) groups is 2. The van der Waals surface area contributed by atoms with Crippen molar-refractivity contribution in [2.75, 3.05) is 4.90 Å². The van der Waals surface area contributed by atoms with Gasteiger partial charge in [0.2, 0.25) is 0 Å². The number of benzene rings is 1. The molecule has 1 aromatic carbocycles.